The van der Waals surface area contributed by atoms with Gasteiger partial charge in [0, 0.05) is 48.9 Å². The van der Waals surface area contributed by atoms with Crippen LogP contribution in [0.5, 0.6) is 11.8 Å². The summed E-state index contributed by atoms with van der Waals surface area (Å²) in [5.41, 5.74) is -2.30. The molecule has 3 atom stereocenters. The van der Waals surface area contributed by atoms with Crippen molar-refractivity contribution in [3.8, 4) is 35.2 Å². The minimum absolute atomic E-state index is 0.0584. The first-order valence-corrected chi connectivity index (χ1v) is 16.0. The summed E-state index contributed by atoms with van der Waals surface area (Å²) in [6, 6.07) is 5.64. The van der Waals surface area contributed by atoms with Gasteiger partial charge < -0.3 is 25.4 Å². The van der Waals surface area contributed by atoms with Crippen molar-refractivity contribution in [2.45, 2.75) is 49.4 Å². The van der Waals surface area contributed by atoms with Crippen molar-refractivity contribution in [3.05, 3.63) is 53.3 Å². The topological polar surface area (TPSA) is 103 Å². The van der Waals surface area contributed by atoms with Crippen molar-refractivity contribution in [1.29, 1.82) is 0 Å². The van der Waals surface area contributed by atoms with Crippen LogP contribution in [0.1, 0.15) is 37.7 Å². The highest BCUT2D eigenvalue weighted by Crippen LogP contribution is 2.43. The van der Waals surface area contributed by atoms with Crippen LogP contribution in [0.3, 0.4) is 0 Å². The lowest BCUT2D eigenvalue weighted by molar-refractivity contribution is 0.107. The monoisotopic (exact) mass is 660 g/mol. The highest BCUT2D eigenvalue weighted by molar-refractivity contribution is 6.04. The van der Waals surface area contributed by atoms with E-state index < -0.39 is 40.3 Å². The number of aromatic hydroxyl groups is 1. The first-order valence-electron chi connectivity index (χ1n) is 16.0. The molecule has 1 spiro atoms. The number of hydrogen-bond acceptors (Lipinski definition) is 7. The van der Waals surface area contributed by atoms with Crippen molar-refractivity contribution in [2.75, 3.05) is 44.2 Å². The van der Waals surface area contributed by atoms with Crippen LogP contribution in [0.15, 0.2) is 30.3 Å². The summed E-state index contributed by atoms with van der Waals surface area (Å²) in [6.07, 6.45) is 7.94. The van der Waals surface area contributed by atoms with Gasteiger partial charge in [-0.25, -0.2) is 22.4 Å². The summed E-state index contributed by atoms with van der Waals surface area (Å²) < 4.78 is 68.8. The van der Waals surface area contributed by atoms with E-state index in [4.69, 9.17) is 11.2 Å². The Bertz CT molecular complexity index is 2060. The highest BCUT2D eigenvalue weighted by Gasteiger charge is 2.49. The van der Waals surface area contributed by atoms with Gasteiger partial charge in [0.1, 0.15) is 41.5 Å². The molecule has 48 heavy (non-hydrogen) atoms. The molecule has 0 radical (unpaired) electrons. The molecule has 4 aliphatic heterocycles. The van der Waals surface area contributed by atoms with Crippen molar-refractivity contribution in [3.63, 3.8) is 0 Å². The number of anilines is 1. The van der Waals surface area contributed by atoms with Gasteiger partial charge in [-0.05, 0) is 61.9 Å². The van der Waals surface area contributed by atoms with E-state index in [-0.39, 0.29) is 57.6 Å². The maximum atomic E-state index is 16.9. The number of phenols is 1. The van der Waals surface area contributed by atoms with Gasteiger partial charge in [0.05, 0.1) is 22.2 Å². The number of carbonyl (C=O) groups is 1. The number of hydrogen-bond donors (Lipinski definition) is 3. The predicted octanol–water partition coefficient (Wildman–Crippen LogP) is 5.16. The third-order valence-corrected chi connectivity index (χ3v) is 10.4. The van der Waals surface area contributed by atoms with E-state index in [1.165, 1.54) is 12.1 Å². The average molecular weight is 661 g/mol. The van der Waals surface area contributed by atoms with Crippen LogP contribution >= 0.6 is 0 Å². The third kappa shape index (κ3) is 4.84. The second kappa shape index (κ2) is 11.1. The number of alkyl halides is 1. The van der Waals surface area contributed by atoms with Gasteiger partial charge in [0.15, 0.2) is 5.82 Å². The summed E-state index contributed by atoms with van der Waals surface area (Å²) in [6.45, 7) is 2.32. The number of phenolic OH excluding ortho intramolecular Hbond substituents is 1. The van der Waals surface area contributed by atoms with E-state index in [9.17, 15) is 18.7 Å². The van der Waals surface area contributed by atoms with Crippen molar-refractivity contribution in [2.24, 2.45) is 0 Å². The fourth-order valence-electron chi connectivity index (χ4n) is 8.26. The van der Waals surface area contributed by atoms with Gasteiger partial charge in [-0.1, -0.05) is 12.0 Å². The van der Waals surface area contributed by atoms with Gasteiger partial charge in [0.25, 0.3) is 0 Å². The number of nitrogens with zero attached hydrogens (tertiary/aromatic N) is 4. The number of ether oxygens (including phenoxy) is 1. The molecule has 0 bridgehead atoms. The normalized spacial score (nSPS) is 25.4. The second-order valence-electron chi connectivity index (χ2n) is 13.4. The zero-order valence-corrected chi connectivity index (χ0v) is 25.9. The van der Waals surface area contributed by atoms with E-state index >= 15 is 8.78 Å². The molecule has 248 valence electrons. The Balaban J connectivity index is 1.30. The molecule has 4 aromatic rings. The maximum absolute atomic E-state index is 16.9. The zero-order valence-electron chi connectivity index (χ0n) is 25.9. The molecule has 2 amide bonds. The van der Waals surface area contributed by atoms with Gasteiger partial charge >= 0.3 is 12.0 Å². The summed E-state index contributed by atoms with van der Waals surface area (Å²) >= 11 is 0. The van der Waals surface area contributed by atoms with Gasteiger partial charge in [-0.2, -0.15) is 9.97 Å². The SMILES string of the molecule is C#Cc1c(F)ccc2cc(O)cc(-c3c(F)cc4c(N5CCCC6(CNC(=O)N6)C5)nc(OC[C@@]56CCCN5C[C@H](F)C6)nc4c3F)c12. The summed E-state index contributed by atoms with van der Waals surface area (Å²) in [4.78, 5) is 25.2. The lowest BCUT2D eigenvalue weighted by Gasteiger charge is -2.40. The number of benzene rings is 3. The average Bonchev–Trinajstić information content (AvgIpc) is 3.71. The molecule has 9 nitrogen and oxygen atoms in total. The van der Waals surface area contributed by atoms with Crippen LogP contribution in [-0.4, -0.2) is 82.6 Å². The molecule has 4 aliphatic rings. The van der Waals surface area contributed by atoms with Crippen LogP contribution in [0.2, 0.25) is 0 Å². The van der Waals surface area contributed by atoms with Crippen LogP contribution in [0.4, 0.5) is 28.2 Å². The predicted molar refractivity (Wildman–Crippen MR) is 171 cm³/mol. The number of piperidine rings is 1. The quantitative estimate of drug-likeness (QED) is 0.201. The minimum Gasteiger partial charge on any atom is -0.508 e. The summed E-state index contributed by atoms with van der Waals surface area (Å²) in [7, 11) is 0. The molecule has 13 heteroatoms. The number of rotatable bonds is 5. The molecule has 8 rings (SSSR count). The van der Waals surface area contributed by atoms with Crippen LogP contribution in [0.25, 0.3) is 32.8 Å². The molecule has 3 N–H and O–H groups in total. The first kappa shape index (κ1) is 30.5. The zero-order chi connectivity index (χ0) is 33.4. The van der Waals surface area contributed by atoms with E-state index in [1.54, 1.807) is 0 Å². The summed E-state index contributed by atoms with van der Waals surface area (Å²) in [5, 5.41) is 16.7. The van der Waals surface area contributed by atoms with Gasteiger partial charge in [-0.3, -0.25) is 4.90 Å². The lowest BCUT2D eigenvalue weighted by atomic mass is 9.89. The Labute approximate surface area is 273 Å². The van der Waals surface area contributed by atoms with E-state index in [2.05, 4.69) is 31.4 Å². The molecule has 4 saturated heterocycles. The number of terminal acetylenes is 1. The fraction of sp³-hybridized carbons (Fsp3) is 0.400. The van der Waals surface area contributed by atoms with Crippen LogP contribution in [-0.2, 0) is 0 Å². The third-order valence-electron chi connectivity index (χ3n) is 10.4. The fourth-order valence-corrected chi connectivity index (χ4v) is 8.26. The molecule has 4 fully saturated rings. The van der Waals surface area contributed by atoms with Crippen LogP contribution in [0, 0.1) is 29.8 Å². The first-order chi connectivity index (χ1) is 23.1. The number of fused-ring (bicyclic) bond motifs is 3. The molecular formula is C35H32F4N6O3. The number of nitrogens with one attached hydrogen (secondary N) is 2. The lowest BCUT2D eigenvalue weighted by Crippen LogP contribution is -2.56. The maximum Gasteiger partial charge on any atom is 0.319 e. The Morgan fingerprint density at radius 2 is 1.94 bits per heavy atom. The highest BCUT2D eigenvalue weighted by atomic mass is 19.1. The number of carbonyl (C=O) groups excluding carboxylic acids is 1. The van der Waals surface area contributed by atoms with E-state index in [1.807, 2.05) is 4.90 Å². The van der Waals surface area contributed by atoms with Gasteiger partial charge in [-0.15, -0.1) is 6.42 Å². The Kier molecular flexibility index (Phi) is 7.07. The molecule has 1 aromatic heterocycles. The number of aromatic nitrogens is 2. The van der Waals surface area contributed by atoms with Gasteiger partial charge in [0.2, 0.25) is 0 Å². The largest absolute Gasteiger partial charge is 0.508 e. The Morgan fingerprint density at radius 1 is 1.10 bits per heavy atom. The van der Waals surface area contributed by atoms with Crippen molar-refractivity contribution < 1.29 is 32.2 Å². The molecule has 0 saturated carbocycles. The van der Waals surface area contributed by atoms with Crippen LogP contribution < -0.4 is 20.3 Å². The smallest absolute Gasteiger partial charge is 0.319 e. The number of amides is 2. The molecule has 5 heterocycles. The van der Waals surface area contributed by atoms with Crippen molar-refractivity contribution >= 4 is 33.5 Å². The number of urea groups is 1. The standard InChI is InChI=1S/C35H32F4N6O3/c1-2-22-25(37)6-5-19-11-21(46)12-23(27(19)22)28-26(38)13-24-30(29(28)39)41-33(48-18-35-8-4-10-45(35)15-20(36)14-35)42-31(24)44-9-3-7-34(17-44)16-40-32(47)43-34/h1,5-6,11-13,20,46H,3-4,7-10,14-18H2,(H2,40,43,47)/t20-,34?,35+/m1/s1. The Hall–Kier alpha value is -4.83. The minimum atomic E-state index is -1.08. The molecular weight excluding hydrogens is 628 g/mol. The van der Waals surface area contributed by atoms with E-state index in [0.717, 1.165) is 37.6 Å². The Morgan fingerprint density at radius 3 is 2.73 bits per heavy atom. The molecule has 1 unspecified atom stereocenters. The molecule has 0 aliphatic carbocycles. The second-order valence-corrected chi connectivity index (χ2v) is 13.4. The van der Waals surface area contributed by atoms with Crippen molar-refractivity contribution in [1.82, 2.24) is 25.5 Å². The molecule has 3 aromatic carbocycles. The number of halogens is 4. The van der Waals surface area contributed by atoms with E-state index in [0.29, 0.717) is 50.8 Å². The summed E-state index contributed by atoms with van der Waals surface area (Å²) in [5.74, 6) is -0.641.